The molecule has 32 heavy (non-hydrogen) atoms. The van der Waals surface area contributed by atoms with Gasteiger partial charge in [0.15, 0.2) is 0 Å². The van der Waals surface area contributed by atoms with E-state index in [1.807, 2.05) is 0 Å². The van der Waals surface area contributed by atoms with Gasteiger partial charge in [0.2, 0.25) is 0 Å². The van der Waals surface area contributed by atoms with Crippen molar-refractivity contribution in [1.82, 2.24) is 26.3 Å². The van der Waals surface area contributed by atoms with Gasteiger partial charge in [-0.3, -0.25) is 9.78 Å². The lowest BCUT2D eigenvalue weighted by Gasteiger charge is -2.34. The van der Waals surface area contributed by atoms with Crippen LogP contribution in [0.15, 0.2) is 17.0 Å². The van der Waals surface area contributed by atoms with Gasteiger partial charge in [-0.25, -0.2) is 0 Å². The molecule has 2 aliphatic carbocycles. The van der Waals surface area contributed by atoms with E-state index in [2.05, 4.69) is 33.4 Å². The number of aromatic nitrogens is 1. The van der Waals surface area contributed by atoms with Crippen LogP contribution >= 0.6 is 11.8 Å². The molecule has 0 radical (unpaired) electrons. The van der Waals surface area contributed by atoms with E-state index >= 15 is 0 Å². The van der Waals surface area contributed by atoms with Crippen LogP contribution < -0.4 is 21.3 Å². The molecule has 1 aromatic rings. The molecule has 2 saturated carbocycles. The molecule has 7 nitrogen and oxygen atoms in total. The van der Waals surface area contributed by atoms with Gasteiger partial charge in [0.05, 0.1) is 24.3 Å². The fourth-order valence-corrected chi connectivity index (χ4v) is 6.15. The van der Waals surface area contributed by atoms with Crippen LogP contribution in [-0.4, -0.2) is 61.1 Å². The molecule has 3 aliphatic rings. The lowest BCUT2D eigenvalue weighted by atomic mass is 9.89. The van der Waals surface area contributed by atoms with Crippen molar-refractivity contribution in [1.29, 1.82) is 0 Å². The Hall–Kier alpha value is -1.19. The molecule has 0 unspecified atom stereocenters. The Morgan fingerprint density at radius 2 is 1.34 bits per heavy atom. The van der Waals surface area contributed by atoms with Crippen LogP contribution in [0.2, 0.25) is 0 Å². The Morgan fingerprint density at radius 1 is 0.875 bits per heavy atom. The van der Waals surface area contributed by atoms with Crippen molar-refractivity contribution in [3.8, 4) is 0 Å². The first-order valence-corrected chi connectivity index (χ1v) is 13.3. The summed E-state index contributed by atoms with van der Waals surface area (Å²) in [6.07, 6.45) is 10.1. The quantitative estimate of drug-likeness (QED) is 0.403. The summed E-state index contributed by atoms with van der Waals surface area (Å²) in [5, 5.41) is 15.2. The topological polar surface area (TPSA) is 87.3 Å². The monoisotopic (exact) mass is 461 g/mol. The summed E-state index contributed by atoms with van der Waals surface area (Å²) >= 11 is 1.53. The number of fused-ring (bicyclic) bond motifs is 4. The third-order valence-corrected chi connectivity index (χ3v) is 8.00. The van der Waals surface area contributed by atoms with Crippen molar-refractivity contribution in [2.24, 2.45) is 0 Å². The molecule has 178 valence electrons. The summed E-state index contributed by atoms with van der Waals surface area (Å²) in [4.78, 5) is 17.7. The van der Waals surface area contributed by atoms with E-state index in [0.29, 0.717) is 29.9 Å². The summed E-state index contributed by atoms with van der Waals surface area (Å²) in [5.74, 6) is 0.125. The predicted molar refractivity (Wildman–Crippen MR) is 129 cm³/mol. The van der Waals surface area contributed by atoms with Gasteiger partial charge in [0, 0.05) is 55.2 Å². The maximum absolute atomic E-state index is 11.7. The summed E-state index contributed by atoms with van der Waals surface area (Å²) in [6.45, 7) is 3.55. The number of thioether (sulfide) groups is 1. The van der Waals surface area contributed by atoms with Crippen molar-refractivity contribution < 1.29 is 9.53 Å². The molecule has 0 aromatic carbocycles. The van der Waals surface area contributed by atoms with Gasteiger partial charge in [-0.15, -0.1) is 11.8 Å². The van der Waals surface area contributed by atoms with Crippen LogP contribution in [0, 0.1) is 0 Å². The lowest BCUT2D eigenvalue weighted by molar-refractivity contribution is -0.137. The summed E-state index contributed by atoms with van der Waals surface area (Å²) in [7, 11) is 1.44. The standard InChI is InChI=1S/C24H39N5O2S/c1-31-24(30)16-32-19-12-17-14-27-22-8-4-2-6-20(22)25-10-11-26-21-7-3-5-9-23(21)28-15-18(13-19)29-17/h12-13,20-23,25-28H,2-11,14-16H2,1H3/t20-,21-,22-,23-/m1/s1. The molecule has 2 heterocycles. The molecule has 0 amide bonds. The number of nitrogens with one attached hydrogen (secondary N) is 4. The van der Waals surface area contributed by atoms with Crippen molar-refractivity contribution in [2.45, 2.75) is 93.5 Å². The zero-order chi connectivity index (χ0) is 22.2. The number of nitrogens with zero attached hydrogens (tertiary/aromatic N) is 1. The number of esters is 1. The highest BCUT2D eigenvalue weighted by molar-refractivity contribution is 8.00. The minimum Gasteiger partial charge on any atom is -0.468 e. The largest absolute Gasteiger partial charge is 0.468 e. The molecule has 0 saturated heterocycles. The Morgan fingerprint density at radius 3 is 1.81 bits per heavy atom. The zero-order valence-electron chi connectivity index (χ0n) is 19.3. The van der Waals surface area contributed by atoms with E-state index in [4.69, 9.17) is 9.72 Å². The molecule has 1 aromatic heterocycles. The van der Waals surface area contributed by atoms with Gasteiger partial charge in [-0.1, -0.05) is 25.7 Å². The van der Waals surface area contributed by atoms with Gasteiger partial charge in [0.25, 0.3) is 0 Å². The third kappa shape index (κ3) is 6.90. The van der Waals surface area contributed by atoms with Crippen LogP contribution in [0.1, 0.15) is 62.8 Å². The highest BCUT2D eigenvalue weighted by Gasteiger charge is 2.27. The normalized spacial score (nSPS) is 29.7. The number of carbonyl (C=O) groups is 1. The van der Waals surface area contributed by atoms with Gasteiger partial charge in [-0.2, -0.15) is 0 Å². The van der Waals surface area contributed by atoms with Gasteiger partial charge in [-0.05, 0) is 37.8 Å². The van der Waals surface area contributed by atoms with E-state index in [0.717, 1.165) is 42.5 Å². The minimum absolute atomic E-state index is 0.197. The Balaban J connectivity index is 1.52. The van der Waals surface area contributed by atoms with Crippen LogP contribution in [0.3, 0.4) is 0 Å². The summed E-state index contributed by atoms with van der Waals surface area (Å²) in [6, 6.07) is 6.24. The van der Waals surface area contributed by atoms with E-state index in [1.165, 1.54) is 70.2 Å². The molecule has 2 fully saturated rings. The smallest absolute Gasteiger partial charge is 0.315 e. The van der Waals surface area contributed by atoms with Crippen LogP contribution in [0.5, 0.6) is 0 Å². The van der Waals surface area contributed by atoms with E-state index in [-0.39, 0.29) is 5.97 Å². The zero-order valence-corrected chi connectivity index (χ0v) is 20.1. The number of methoxy groups -OCH3 is 1. The molecule has 4 rings (SSSR count). The van der Waals surface area contributed by atoms with Crippen LogP contribution in [0.4, 0.5) is 0 Å². The first-order valence-electron chi connectivity index (χ1n) is 12.3. The second-order valence-electron chi connectivity index (χ2n) is 9.32. The predicted octanol–water partition coefficient (Wildman–Crippen LogP) is 2.34. The van der Waals surface area contributed by atoms with Gasteiger partial charge < -0.3 is 26.0 Å². The maximum atomic E-state index is 11.7. The maximum Gasteiger partial charge on any atom is 0.315 e. The summed E-state index contributed by atoms with van der Waals surface area (Å²) < 4.78 is 4.83. The molecule has 0 spiro atoms. The van der Waals surface area contributed by atoms with Crippen molar-refractivity contribution in [2.75, 3.05) is 26.0 Å². The highest BCUT2D eigenvalue weighted by Crippen LogP contribution is 2.23. The third-order valence-electron chi connectivity index (χ3n) is 7.05. The Kier molecular flexibility index (Phi) is 9.22. The molecular weight excluding hydrogens is 422 g/mol. The molecule has 2 bridgehead atoms. The molecule has 8 heteroatoms. The first kappa shape index (κ1) is 24.0. The number of pyridine rings is 1. The molecule has 1 aliphatic heterocycles. The number of ether oxygens (including phenoxy) is 1. The second kappa shape index (κ2) is 12.3. The number of carbonyl (C=O) groups excluding carboxylic acids is 1. The van der Waals surface area contributed by atoms with Gasteiger partial charge >= 0.3 is 5.97 Å². The van der Waals surface area contributed by atoms with E-state index in [9.17, 15) is 4.79 Å². The summed E-state index contributed by atoms with van der Waals surface area (Å²) in [5.41, 5.74) is 2.10. The van der Waals surface area contributed by atoms with E-state index in [1.54, 1.807) is 0 Å². The number of rotatable bonds is 3. The fourth-order valence-electron chi connectivity index (χ4n) is 5.31. The molecule has 4 atom stereocenters. The number of hydrogen-bond acceptors (Lipinski definition) is 8. The number of hydrogen-bond donors (Lipinski definition) is 4. The van der Waals surface area contributed by atoms with Crippen LogP contribution in [0.25, 0.3) is 0 Å². The lowest BCUT2D eigenvalue weighted by Crippen LogP contribution is -2.53. The first-order chi connectivity index (χ1) is 15.7. The average molecular weight is 462 g/mol. The molecular formula is C24H39N5O2S. The van der Waals surface area contributed by atoms with E-state index < -0.39 is 0 Å². The second-order valence-corrected chi connectivity index (χ2v) is 10.4. The fraction of sp³-hybridized carbons (Fsp3) is 0.750. The van der Waals surface area contributed by atoms with Gasteiger partial charge in [0.1, 0.15) is 0 Å². The van der Waals surface area contributed by atoms with Crippen molar-refractivity contribution >= 4 is 17.7 Å². The minimum atomic E-state index is -0.197. The average Bonchev–Trinajstić information content (AvgIpc) is 2.83. The molecule has 4 N–H and O–H groups in total. The Labute approximate surface area is 196 Å². The Bertz CT molecular complexity index is 701. The van der Waals surface area contributed by atoms with Crippen LogP contribution in [-0.2, 0) is 22.6 Å². The SMILES string of the molecule is COC(=O)CSc1cc2nc(c1)CN[C@@H]1CCCC[C@H]1NCCN[C@@H]1CCCC[C@H]1NC2. The van der Waals surface area contributed by atoms with Crippen molar-refractivity contribution in [3.63, 3.8) is 0 Å². The highest BCUT2D eigenvalue weighted by atomic mass is 32.2. The van der Waals surface area contributed by atoms with Crippen molar-refractivity contribution in [3.05, 3.63) is 23.5 Å².